The van der Waals surface area contributed by atoms with Crippen LogP contribution < -0.4 is 10.9 Å². The fourth-order valence-corrected chi connectivity index (χ4v) is 3.80. The van der Waals surface area contributed by atoms with Crippen LogP contribution in [0.1, 0.15) is 60.4 Å². The van der Waals surface area contributed by atoms with Crippen molar-refractivity contribution in [3.8, 4) is 0 Å². The number of carbonyl (C=O) groups is 2. The molecule has 2 aromatic rings. The van der Waals surface area contributed by atoms with E-state index in [1.54, 1.807) is 36.4 Å². The maximum absolute atomic E-state index is 15.0. The maximum atomic E-state index is 15.0. The molecule has 0 radical (unpaired) electrons. The molecule has 0 spiro atoms. The van der Waals surface area contributed by atoms with E-state index in [0.717, 1.165) is 0 Å². The lowest BCUT2D eigenvalue weighted by atomic mass is 9.78. The zero-order valence-corrected chi connectivity index (χ0v) is 17.6. The third-order valence-electron chi connectivity index (χ3n) is 5.32. The van der Waals surface area contributed by atoms with Crippen LogP contribution in [0.15, 0.2) is 42.5 Å². The second-order valence-electron chi connectivity index (χ2n) is 8.44. The molecular weight excluding hydrogens is 386 g/mol. The highest BCUT2D eigenvalue weighted by Gasteiger charge is 2.36. The molecule has 158 valence electrons. The molecule has 2 amide bonds. The first-order chi connectivity index (χ1) is 14.1. The van der Waals surface area contributed by atoms with E-state index in [1.165, 1.54) is 11.1 Å². The zero-order valence-electron chi connectivity index (χ0n) is 17.6. The van der Waals surface area contributed by atoms with Gasteiger partial charge in [0.2, 0.25) is 0 Å². The molecule has 1 unspecified atom stereocenters. The quantitative estimate of drug-likeness (QED) is 0.598. The van der Waals surface area contributed by atoms with Crippen LogP contribution in [0.3, 0.4) is 0 Å². The van der Waals surface area contributed by atoms with Gasteiger partial charge in [-0.3, -0.25) is 15.0 Å². The van der Waals surface area contributed by atoms with Crippen LogP contribution in [0.25, 0.3) is 0 Å². The van der Waals surface area contributed by atoms with Crippen molar-refractivity contribution in [1.29, 1.82) is 0 Å². The van der Waals surface area contributed by atoms with Crippen LogP contribution in [-0.4, -0.2) is 35.0 Å². The minimum Gasteiger partial charge on any atom is -0.423 e. The Kier molecular flexibility index (Phi) is 6.29. The van der Waals surface area contributed by atoms with Crippen molar-refractivity contribution in [1.82, 2.24) is 10.4 Å². The first kappa shape index (κ1) is 22.0. The van der Waals surface area contributed by atoms with Gasteiger partial charge in [0.05, 0.1) is 18.2 Å². The highest BCUT2D eigenvalue weighted by molar-refractivity contribution is 6.61. The number of hydrogen-bond donors (Lipinski definition) is 2. The van der Waals surface area contributed by atoms with Crippen LogP contribution >= 0.6 is 0 Å². The van der Waals surface area contributed by atoms with Gasteiger partial charge in [0.25, 0.3) is 11.8 Å². The average molecular weight is 412 g/mol. The summed E-state index contributed by atoms with van der Waals surface area (Å²) in [5.41, 5.74) is 2.90. The van der Waals surface area contributed by atoms with E-state index in [9.17, 15) is 19.0 Å². The fraction of sp³-hybridized carbons (Fsp3) is 0.364. The number of nitrogens with one attached hydrogen (secondary N) is 1. The van der Waals surface area contributed by atoms with Crippen LogP contribution in [-0.2, 0) is 11.3 Å². The molecule has 1 aliphatic rings. The smallest absolute Gasteiger partial charge is 0.423 e. The maximum Gasteiger partial charge on any atom is 0.494 e. The number of benzene rings is 2. The molecule has 8 heteroatoms. The van der Waals surface area contributed by atoms with E-state index in [-0.39, 0.29) is 35.0 Å². The average Bonchev–Trinajstić information content (AvgIpc) is 3.08. The Hall–Kier alpha value is -2.71. The van der Waals surface area contributed by atoms with Gasteiger partial charge in [-0.25, -0.2) is 9.40 Å². The predicted octanol–water partition coefficient (Wildman–Crippen LogP) is 2.66. The van der Waals surface area contributed by atoms with Crippen LogP contribution in [0.4, 0.5) is 4.39 Å². The van der Waals surface area contributed by atoms with Gasteiger partial charge < -0.3 is 9.68 Å². The van der Waals surface area contributed by atoms with E-state index in [4.69, 9.17) is 4.65 Å². The molecule has 0 saturated carbocycles. The third-order valence-corrected chi connectivity index (χ3v) is 5.32. The van der Waals surface area contributed by atoms with Crippen molar-refractivity contribution in [2.75, 3.05) is 0 Å². The lowest BCUT2D eigenvalue weighted by molar-refractivity contribution is 0.0283. The summed E-state index contributed by atoms with van der Waals surface area (Å²) in [6.07, 6.45) is 0.585. The lowest BCUT2D eigenvalue weighted by Crippen LogP contribution is -2.56. The van der Waals surface area contributed by atoms with Gasteiger partial charge in [-0.1, -0.05) is 52.0 Å². The molecule has 0 aliphatic carbocycles. The summed E-state index contributed by atoms with van der Waals surface area (Å²) in [5.74, 6) is -1.98. The van der Waals surface area contributed by atoms with Gasteiger partial charge in [-0.05, 0) is 35.6 Å². The first-order valence-corrected chi connectivity index (χ1v) is 9.95. The van der Waals surface area contributed by atoms with Crippen LogP contribution in [0.5, 0.6) is 0 Å². The Morgan fingerprint density at radius 3 is 2.50 bits per heavy atom. The standard InChI is InChI=1S/C22H26BFN2O4/c1-5-17(22(2,3)4)26(21(28)14-9-7-6-8-10-14)25-20(27)16-12-11-15-13-30-23(29)18(15)19(16)24/h6-12,17,29H,5,13H2,1-4H3,(H,25,27). The lowest BCUT2D eigenvalue weighted by Gasteiger charge is -2.39. The topological polar surface area (TPSA) is 78.9 Å². The highest BCUT2D eigenvalue weighted by atomic mass is 19.1. The Morgan fingerprint density at radius 1 is 1.23 bits per heavy atom. The number of fused-ring (bicyclic) bond motifs is 1. The molecule has 30 heavy (non-hydrogen) atoms. The van der Waals surface area contributed by atoms with Gasteiger partial charge in [0.15, 0.2) is 0 Å². The molecular formula is C22H26BFN2O4. The second kappa shape index (κ2) is 8.57. The molecule has 0 saturated heterocycles. The molecule has 1 atom stereocenters. The Bertz CT molecular complexity index is 946. The Balaban J connectivity index is 1.96. The number of hydrogen-bond acceptors (Lipinski definition) is 4. The number of amides is 2. The Morgan fingerprint density at radius 2 is 1.90 bits per heavy atom. The molecule has 1 aliphatic heterocycles. The highest BCUT2D eigenvalue weighted by Crippen LogP contribution is 2.27. The van der Waals surface area contributed by atoms with E-state index in [1.807, 2.05) is 27.7 Å². The summed E-state index contributed by atoms with van der Waals surface area (Å²) < 4.78 is 20.0. The monoisotopic (exact) mass is 412 g/mol. The molecule has 0 bridgehead atoms. The fourth-order valence-electron chi connectivity index (χ4n) is 3.80. The Labute approximate surface area is 176 Å². The number of halogens is 1. The summed E-state index contributed by atoms with van der Waals surface area (Å²) in [6, 6.07) is 11.2. The molecule has 1 heterocycles. The zero-order chi connectivity index (χ0) is 22.1. The summed E-state index contributed by atoms with van der Waals surface area (Å²) in [6.45, 7) is 7.93. The number of carbonyl (C=O) groups excluding carboxylic acids is 2. The summed E-state index contributed by atoms with van der Waals surface area (Å²) in [5, 5.41) is 11.2. The van der Waals surface area contributed by atoms with Crippen molar-refractivity contribution in [3.05, 3.63) is 65.0 Å². The predicted molar refractivity (Wildman–Crippen MR) is 112 cm³/mol. The number of hydrazine groups is 1. The summed E-state index contributed by atoms with van der Waals surface area (Å²) in [7, 11) is -1.41. The molecule has 6 nitrogen and oxygen atoms in total. The van der Waals surface area contributed by atoms with Gasteiger partial charge in [-0.2, -0.15) is 0 Å². The van der Waals surface area contributed by atoms with Crippen molar-refractivity contribution in [3.63, 3.8) is 0 Å². The van der Waals surface area contributed by atoms with E-state index in [2.05, 4.69) is 5.43 Å². The van der Waals surface area contributed by atoms with Gasteiger partial charge >= 0.3 is 7.12 Å². The SMILES string of the molecule is CCC(N(NC(=O)c1ccc2c(c1F)B(O)OC2)C(=O)c1ccccc1)C(C)(C)C. The molecule has 2 aromatic carbocycles. The largest absolute Gasteiger partial charge is 0.494 e. The van der Waals surface area contributed by atoms with Crippen molar-refractivity contribution in [2.45, 2.75) is 46.8 Å². The number of rotatable bonds is 4. The van der Waals surface area contributed by atoms with E-state index in [0.29, 0.717) is 17.5 Å². The van der Waals surface area contributed by atoms with Crippen molar-refractivity contribution < 1.29 is 23.7 Å². The van der Waals surface area contributed by atoms with Gasteiger partial charge in [-0.15, -0.1) is 0 Å². The molecule has 2 N–H and O–H groups in total. The second-order valence-corrected chi connectivity index (χ2v) is 8.44. The van der Waals surface area contributed by atoms with Gasteiger partial charge in [0, 0.05) is 11.0 Å². The van der Waals surface area contributed by atoms with Crippen molar-refractivity contribution >= 4 is 24.4 Å². The van der Waals surface area contributed by atoms with E-state index >= 15 is 0 Å². The van der Waals surface area contributed by atoms with E-state index < -0.39 is 18.8 Å². The summed E-state index contributed by atoms with van der Waals surface area (Å²) in [4.78, 5) is 26.2. The van der Waals surface area contributed by atoms with Gasteiger partial charge in [0.1, 0.15) is 5.82 Å². The molecule has 0 aromatic heterocycles. The molecule has 3 rings (SSSR count). The minimum atomic E-state index is -1.41. The first-order valence-electron chi connectivity index (χ1n) is 9.95. The normalized spacial score (nSPS) is 14.3. The van der Waals surface area contributed by atoms with Crippen molar-refractivity contribution in [2.24, 2.45) is 5.41 Å². The van der Waals surface area contributed by atoms with Crippen LogP contribution in [0, 0.1) is 11.2 Å². The van der Waals surface area contributed by atoms with Crippen LogP contribution in [0.2, 0.25) is 0 Å². The minimum absolute atomic E-state index is 0.0357. The molecule has 0 fully saturated rings. The third kappa shape index (κ3) is 4.25. The summed E-state index contributed by atoms with van der Waals surface area (Å²) >= 11 is 0. The number of nitrogens with zero attached hydrogens (tertiary/aromatic N) is 1.